The van der Waals surface area contributed by atoms with Crippen LogP contribution in [-0.4, -0.2) is 29.0 Å². The predicted octanol–water partition coefficient (Wildman–Crippen LogP) is 4.38. The molecule has 152 valence electrons. The number of rotatable bonds is 7. The van der Waals surface area contributed by atoms with Crippen LogP contribution in [0.3, 0.4) is 0 Å². The largest absolute Gasteiger partial charge is 0.431 e. The van der Waals surface area contributed by atoms with E-state index in [1.165, 1.54) is 19.0 Å². The minimum atomic E-state index is -4.48. The molecule has 4 rings (SSSR count). The van der Waals surface area contributed by atoms with Gasteiger partial charge in [0, 0.05) is 30.2 Å². The fourth-order valence-corrected chi connectivity index (χ4v) is 3.31. The summed E-state index contributed by atoms with van der Waals surface area (Å²) in [5, 5.41) is 6.41. The van der Waals surface area contributed by atoms with Gasteiger partial charge in [-0.3, -0.25) is 4.79 Å². The van der Waals surface area contributed by atoms with E-state index in [4.69, 9.17) is 0 Å². The predicted molar refractivity (Wildman–Crippen MR) is 105 cm³/mol. The molecule has 0 unspecified atom stereocenters. The molecule has 1 fully saturated rings. The summed E-state index contributed by atoms with van der Waals surface area (Å²) < 4.78 is 40.1. The number of carbonyl (C=O) groups is 1. The summed E-state index contributed by atoms with van der Waals surface area (Å²) in [6.07, 6.45) is -0.470. The van der Waals surface area contributed by atoms with Gasteiger partial charge in [-0.1, -0.05) is 18.2 Å². The summed E-state index contributed by atoms with van der Waals surface area (Å²) in [6, 6.07) is 10.0. The molecule has 0 aliphatic heterocycles. The molecule has 0 atom stereocenters. The molecule has 29 heavy (non-hydrogen) atoms. The normalized spacial score (nSPS) is 14.2. The molecule has 0 radical (unpaired) electrons. The number of fused-ring (bicyclic) bond motifs is 1. The molecule has 0 saturated heterocycles. The Morgan fingerprint density at radius 2 is 1.97 bits per heavy atom. The second kappa shape index (κ2) is 7.77. The number of alkyl halides is 3. The number of carbonyl (C=O) groups excluding carboxylic acids is 1. The lowest BCUT2D eigenvalue weighted by atomic mass is 10.1. The Kier molecular flexibility index (Phi) is 5.17. The molecular formula is C21H21F3N4O. The standard InChI is InChI=1S/C21H21F3N4O/c22-21(23,24)19-16(15-3-1-2-4-17(15)28-19)9-10-25-20(29)14-7-8-18(27-12-14)26-11-13-5-6-13/h1-4,7-8,12-13,28H,5-6,9-11H2,(H,25,29)(H,26,27). The van der Waals surface area contributed by atoms with E-state index in [1.807, 2.05) is 0 Å². The minimum absolute atomic E-state index is 0.0685. The van der Waals surface area contributed by atoms with Crippen molar-refractivity contribution in [2.45, 2.75) is 25.4 Å². The highest BCUT2D eigenvalue weighted by molar-refractivity contribution is 5.94. The number of benzene rings is 1. The van der Waals surface area contributed by atoms with E-state index in [9.17, 15) is 18.0 Å². The molecule has 1 aromatic carbocycles. The quantitative estimate of drug-likeness (QED) is 0.549. The summed E-state index contributed by atoms with van der Waals surface area (Å²) in [5.41, 5.74) is 0.198. The maximum atomic E-state index is 13.4. The molecule has 0 spiro atoms. The Balaban J connectivity index is 1.39. The smallest absolute Gasteiger partial charge is 0.370 e. The van der Waals surface area contributed by atoms with Gasteiger partial charge >= 0.3 is 6.18 Å². The number of aromatic nitrogens is 2. The van der Waals surface area contributed by atoms with Crippen molar-refractivity contribution in [3.63, 3.8) is 0 Å². The average molecular weight is 402 g/mol. The molecule has 3 N–H and O–H groups in total. The van der Waals surface area contributed by atoms with Crippen molar-refractivity contribution in [2.75, 3.05) is 18.4 Å². The summed E-state index contributed by atoms with van der Waals surface area (Å²) >= 11 is 0. The van der Waals surface area contributed by atoms with E-state index in [0.29, 0.717) is 28.2 Å². The van der Waals surface area contributed by atoms with Crippen LogP contribution in [0.5, 0.6) is 0 Å². The maximum absolute atomic E-state index is 13.4. The van der Waals surface area contributed by atoms with Crippen LogP contribution in [0.25, 0.3) is 10.9 Å². The molecule has 3 aromatic rings. The van der Waals surface area contributed by atoms with Crippen LogP contribution >= 0.6 is 0 Å². The van der Waals surface area contributed by atoms with Crippen LogP contribution in [0.4, 0.5) is 19.0 Å². The lowest BCUT2D eigenvalue weighted by molar-refractivity contribution is -0.141. The lowest BCUT2D eigenvalue weighted by Gasteiger charge is -2.10. The third kappa shape index (κ3) is 4.52. The average Bonchev–Trinajstić information content (AvgIpc) is 3.46. The number of anilines is 1. The molecule has 2 aromatic heterocycles. The first-order valence-electron chi connectivity index (χ1n) is 9.56. The summed E-state index contributed by atoms with van der Waals surface area (Å²) in [6.45, 7) is 0.968. The van der Waals surface area contributed by atoms with Crippen molar-refractivity contribution in [3.8, 4) is 0 Å². The monoisotopic (exact) mass is 402 g/mol. The molecule has 1 aliphatic rings. The summed E-state index contributed by atoms with van der Waals surface area (Å²) in [7, 11) is 0. The van der Waals surface area contributed by atoms with Gasteiger partial charge in [-0.05, 0) is 48.9 Å². The van der Waals surface area contributed by atoms with Gasteiger partial charge in [0.2, 0.25) is 0 Å². The Bertz CT molecular complexity index is 1010. The van der Waals surface area contributed by atoms with Crippen molar-refractivity contribution in [1.82, 2.24) is 15.3 Å². The van der Waals surface area contributed by atoms with Gasteiger partial charge in [-0.2, -0.15) is 13.2 Å². The Morgan fingerprint density at radius 3 is 2.66 bits per heavy atom. The number of halogens is 3. The summed E-state index contributed by atoms with van der Waals surface area (Å²) in [4.78, 5) is 19.0. The molecule has 8 heteroatoms. The first-order chi connectivity index (χ1) is 13.9. The molecule has 1 aliphatic carbocycles. The van der Waals surface area contributed by atoms with E-state index in [-0.39, 0.29) is 24.4 Å². The van der Waals surface area contributed by atoms with Gasteiger partial charge in [0.25, 0.3) is 5.91 Å². The number of nitrogens with zero attached hydrogens (tertiary/aromatic N) is 1. The van der Waals surface area contributed by atoms with Crippen molar-refractivity contribution < 1.29 is 18.0 Å². The molecule has 0 bridgehead atoms. The molecular weight excluding hydrogens is 381 g/mol. The van der Waals surface area contributed by atoms with E-state index >= 15 is 0 Å². The first-order valence-corrected chi connectivity index (χ1v) is 9.56. The third-order valence-electron chi connectivity index (χ3n) is 5.05. The van der Waals surface area contributed by atoms with Crippen LogP contribution < -0.4 is 10.6 Å². The van der Waals surface area contributed by atoms with Crippen LogP contribution in [0.15, 0.2) is 42.6 Å². The number of hydrogen-bond acceptors (Lipinski definition) is 3. The number of para-hydroxylation sites is 1. The van der Waals surface area contributed by atoms with Crippen molar-refractivity contribution in [1.29, 1.82) is 0 Å². The van der Waals surface area contributed by atoms with Crippen molar-refractivity contribution in [3.05, 3.63) is 59.4 Å². The highest BCUT2D eigenvalue weighted by Gasteiger charge is 2.36. The highest BCUT2D eigenvalue weighted by atomic mass is 19.4. The Hall–Kier alpha value is -3.03. The van der Waals surface area contributed by atoms with E-state index in [0.717, 1.165) is 6.54 Å². The zero-order valence-electron chi connectivity index (χ0n) is 15.6. The van der Waals surface area contributed by atoms with Crippen LogP contribution in [0, 0.1) is 5.92 Å². The van der Waals surface area contributed by atoms with Crippen molar-refractivity contribution >= 4 is 22.6 Å². The van der Waals surface area contributed by atoms with Crippen LogP contribution in [-0.2, 0) is 12.6 Å². The number of hydrogen-bond donors (Lipinski definition) is 3. The Morgan fingerprint density at radius 1 is 1.17 bits per heavy atom. The van der Waals surface area contributed by atoms with Crippen LogP contribution in [0.2, 0.25) is 0 Å². The maximum Gasteiger partial charge on any atom is 0.431 e. The van der Waals surface area contributed by atoms with Gasteiger partial charge in [-0.25, -0.2) is 4.98 Å². The number of pyridine rings is 1. The Labute approximate surface area is 165 Å². The van der Waals surface area contributed by atoms with Gasteiger partial charge in [0.1, 0.15) is 11.5 Å². The van der Waals surface area contributed by atoms with Crippen LogP contribution in [0.1, 0.15) is 34.5 Å². The second-order valence-electron chi connectivity index (χ2n) is 7.28. The highest BCUT2D eigenvalue weighted by Crippen LogP contribution is 2.35. The SMILES string of the molecule is O=C(NCCc1c(C(F)(F)F)[nH]c2ccccc12)c1ccc(NCC2CC2)nc1. The van der Waals surface area contributed by atoms with Gasteiger partial charge in [-0.15, -0.1) is 0 Å². The van der Waals surface area contributed by atoms with Gasteiger partial charge in [0.15, 0.2) is 0 Å². The third-order valence-corrected chi connectivity index (χ3v) is 5.05. The molecule has 1 saturated carbocycles. The van der Waals surface area contributed by atoms with E-state index < -0.39 is 11.9 Å². The number of amides is 1. The van der Waals surface area contributed by atoms with Crippen molar-refractivity contribution in [2.24, 2.45) is 5.92 Å². The topological polar surface area (TPSA) is 69.8 Å². The fraction of sp³-hybridized carbons (Fsp3) is 0.333. The number of aromatic amines is 1. The molecule has 2 heterocycles. The van der Waals surface area contributed by atoms with E-state index in [2.05, 4.69) is 20.6 Å². The first kappa shape index (κ1) is 19.3. The van der Waals surface area contributed by atoms with E-state index in [1.54, 1.807) is 36.4 Å². The number of nitrogens with one attached hydrogen (secondary N) is 3. The second-order valence-corrected chi connectivity index (χ2v) is 7.28. The lowest BCUT2D eigenvalue weighted by Crippen LogP contribution is -2.26. The molecule has 5 nitrogen and oxygen atoms in total. The molecule has 1 amide bonds. The fourth-order valence-electron chi connectivity index (χ4n) is 3.31. The van der Waals surface area contributed by atoms with Gasteiger partial charge in [0.05, 0.1) is 5.56 Å². The zero-order chi connectivity index (χ0) is 20.4. The van der Waals surface area contributed by atoms with Gasteiger partial charge < -0.3 is 15.6 Å². The summed E-state index contributed by atoms with van der Waals surface area (Å²) in [5.74, 6) is 1.06. The minimum Gasteiger partial charge on any atom is -0.370 e. The number of H-pyrrole nitrogens is 1. The zero-order valence-corrected chi connectivity index (χ0v) is 15.6.